The second-order valence-corrected chi connectivity index (χ2v) is 4.18. The molecule has 2 aromatic carbocycles. The summed E-state index contributed by atoms with van der Waals surface area (Å²) < 4.78 is 10.9. The van der Waals surface area contributed by atoms with Gasteiger partial charge >= 0.3 is 0 Å². The highest BCUT2D eigenvalue weighted by Crippen LogP contribution is 2.28. The van der Waals surface area contributed by atoms with Gasteiger partial charge in [-0.2, -0.15) is 0 Å². The van der Waals surface area contributed by atoms with Gasteiger partial charge in [0.05, 0.1) is 13.7 Å². The van der Waals surface area contributed by atoms with Gasteiger partial charge in [-0.15, -0.1) is 0 Å². The van der Waals surface area contributed by atoms with Crippen molar-refractivity contribution in [2.24, 2.45) is 0 Å². The molecule has 0 aliphatic rings. The molecule has 0 amide bonds. The summed E-state index contributed by atoms with van der Waals surface area (Å²) in [7, 11) is 1.57. The standard InChI is InChI=1S/C15H17NO3/c1-18-15-8-11(9-17)5-6-14(15)19-10-12-3-2-4-13(16)7-12/h2-8,17H,9-10,16H2,1H3. The summed E-state index contributed by atoms with van der Waals surface area (Å²) in [5.41, 5.74) is 8.20. The highest BCUT2D eigenvalue weighted by Gasteiger charge is 2.06. The predicted octanol–water partition coefficient (Wildman–Crippen LogP) is 2.35. The number of nitrogen functional groups attached to an aromatic ring is 1. The summed E-state index contributed by atoms with van der Waals surface area (Å²) in [6.07, 6.45) is 0. The van der Waals surface area contributed by atoms with Crippen molar-refractivity contribution in [3.05, 3.63) is 53.6 Å². The molecule has 0 saturated carbocycles. The number of rotatable bonds is 5. The van der Waals surface area contributed by atoms with Gasteiger partial charge in [-0.1, -0.05) is 18.2 Å². The third-order valence-corrected chi connectivity index (χ3v) is 2.76. The van der Waals surface area contributed by atoms with Gasteiger partial charge in [0.15, 0.2) is 11.5 Å². The molecule has 0 aliphatic carbocycles. The first-order valence-electron chi connectivity index (χ1n) is 5.98. The lowest BCUT2D eigenvalue weighted by atomic mass is 10.2. The van der Waals surface area contributed by atoms with E-state index < -0.39 is 0 Å². The van der Waals surface area contributed by atoms with Gasteiger partial charge in [0.25, 0.3) is 0 Å². The summed E-state index contributed by atoms with van der Waals surface area (Å²) in [5.74, 6) is 1.25. The highest BCUT2D eigenvalue weighted by molar-refractivity contribution is 5.44. The summed E-state index contributed by atoms with van der Waals surface area (Å²) in [5, 5.41) is 9.08. The van der Waals surface area contributed by atoms with Crippen molar-refractivity contribution in [2.75, 3.05) is 12.8 Å². The number of anilines is 1. The summed E-state index contributed by atoms with van der Waals surface area (Å²) in [4.78, 5) is 0. The number of aliphatic hydroxyl groups is 1. The molecule has 0 saturated heterocycles. The van der Waals surface area contributed by atoms with E-state index in [4.69, 9.17) is 20.3 Å². The van der Waals surface area contributed by atoms with Crippen LogP contribution in [0, 0.1) is 0 Å². The number of hydrogen-bond donors (Lipinski definition) is 2. The van der Waals surface area contributed by atoms with Crippen LogP contribution in [0.3, 0.4) is 0 Å². The fraction of sp³-hybridized carbons (Fsp3) is 0.200. The van der Waals surface area contributed by atoms with Crippen LogP contribution in [-0.4, -0.2) is 12.2 Å². The lowest BCUT2D eigenvalue weighted by Gasteiger charge is -2.12. The van der Waals surface area contributed by atoms with Crippen LogP contribution < -0.4 is 15.2 Å². The zero-order valence-corrected chi connectivity index (χ0v) is 10.8. The Hall–Kier alpha value is -2.20. The highest BCUT2D eigenvalue weighted by atomic mass is 16.5. The maximum absolute atomic E-state index is 9.08. The van der Waals surface area contributed by atoms with Crippen molar-refractivity contribution in [3.63, 3.8) is 0 Å². The molecular weight excluding hydrogens is 242 g/mol. The summed E-state index contributed by atoms with van der Waals surface area (Å²) >= 11 is 0. The molecule has 2 aromatic rings. The number of benzene rings is 2. The van der Waals surface area contributed by atoms with Crippen molar-refractivity contribution in [1.29, 1.82) is 0 Å². The van der Waals surface area contributed by atoms with Crippen LogP contribution in [0.25, 0.3) is 0 Å². The first-order valence-corrected chi connectivity index (χ1v) is 5.98. The third-order valence-electron chi connectivity index (χ3n) is 2.76. The van der Waals surface area contributed by atoms with Crippen molar-refractivity contribution in [2.45, 2.75) is 13.2 Å². The van der Waals surface area contributed by atoms with E-state index in [0.717, 1.165) is 11.1 Å². The van der Waals surface area contributed by atoms with Gasteiger partial charge in [-0.3, -0.25) is 0 Å². The number of ether oxygens (including phenoxy) is 2. The predicted molar refractivity (Wildman–Crippen MR) is 74.1 cm³/mol. The van der Waals surface area contributed by atoms with Crippen LogP contribution in [0.2, 0.25) is 0 Å². The minimum absolute atomic E-state index is 0.0220. The molecule has 0 aromatic heterocycles. The largest absolute Gasteiger partial charge is 0.493 e. The fourth-order valence-electron chi connectivity index (χ4n) is 1.77. The van der Waals surface area contributed by atoms with Gasteiger partial charge in [0.2, 0.25) is 0 Å². The Morgan fingerprint density at radius 2 is 1.89 bits per heavy atom. The van der Waals surface area contributed by atoms with Crippen LogP contribution in [0.1, 0.15) is 11.1 Å². The van der Waals surface area contributed by atoms with E-state index >= 15 is 0 Å². The molecular formula is C15H17NO3. The molecule has 0 spiro atoms. The van der Waals surface area contributed by atoms with Crippen LogP contribution in [-0.2, 0) is 13.2 Å². The van der Waals surface area contributed by atoms with E-state index in [1.54, 1.807) is 25.3 Å². The van der Waals surface area contributed by atoms with Crippen molar-refractivity contribution >= 4 is 5.69 Å². The van der Waals surface area contributed by atoms with Crippen molar-refractivity contribution in [3.8, 4) is 11.5 Å². The lowest BCUT2D eigenvalue weighted by molar-refractivity contribution is 0.274. The van der Waals surface area contributed by atoms with Gasteiger partial charge in [-0.25, -0.2) is 0 Å². The van der Waals surface area contributed by atoms with Crippen LogP contribution in [0.15, 0.2) is 42.5 Å². The molecule has 4 nitrogen and oxygen atoms in total. The Kier molecular flexibility index (Phi) is 4.26. The quantitative estimate of drug-likeness (QED) is 0.809. The lowest BCUT2D eigenvalue weighted by Crippen LogP contribution is -1.99. The van der Waals surface area contributed by atoms with Crippen molar-refractivity contribution in [1.82, 2.24) is 0 Å². The van der Waals surface area contributed by atoms with Crippen LogP contribution in [0.4, 0.5) is 5.69 Å². The molecule has 0 bridgehead atoms. The number of aliphatic hydroxyl groups excluding tert-OH is 1. The maximum atomic E-state index is 9.08. The first-order chi connectivity index (χ1) is 9.22. The number of nitrogens with two attached hydrogens (primary N) is 1. The van der Waals surface area contributed by atoms with Crippen LogP contribution >= 0.6 is 0 Å². The zero-order chi connectivity index (χ0) is 13.7. The second-order valence-electron chi connectivity index (χ2n) is 4.18. The van der Waals surface area contributed by atoms with Gasteiger partial charge in [0, 0.05) is 5.69 Å². The first kappa shape index (κ1) is 13.2. The molecule has 19 heavy (non-hydrogen) atoms. The minimum atomic E-state index is -0.0220. The number of methoxy groups -OCH3 is 1. The van der Waals surface area contributed by atoms with Crippen molar-refractivity contribution < 1.29 is 14.6 Å². The van der Waals surface area contributed by atoms with Gasteiger partial charge in [-0.05, 0) is 35.4 Å². The molecule has 0 aliphatic heterocycles. The van der Waals surface area contributed by atoms with Crippen LogP contribution in [0.5, 0.6) is 11.5 Å². The summed E-state index contributed by atoms with van der Waals surface area (Å²) in [6, 6.07) is 12.9. The van der Waals surface area contributed by atoms with E-state index in [9.17, 15) is 0 Å². The Bertz CT molecular complexity index is 555. The SMILES string of the molecule is COc1cc(CO)ccc1OCc1cccc(N)c1. The Morgan fingerprint density at radius 3 is 2.58 bits per heavy atom. The Labute approximate surface area is 112 Å². The molecule has 100 valence electrons. The molecule has 3 N–H and O–H groups in total. The average Bonchev–Trinajstić information content (AvgIpc) is 2.45. The van der Waals surface area contributed by atoms with E-state index in [1.165, 1.54) is 0 Å². The molecule has 2 rings (SSSR count). The molecule has 0 unspecified atom stereocenters. The van der Waals surface area contributed by atoms with Gasteiger partial charge in [0.1, 0.15) is 6.61 Å². The zero-order valence-electron chi connectivity index (χ0n) is 10.8. The minimum Gasteiger partial charge on any atom is -0.493 e. The molecule has 0 heterocycles. The summed E-state index contributed by atoms with van der Waals surface area (Å²) in [6.45, 7) is 0.395. The normalized spacial score (nSPS) is 10.2. The Morgan fingerprint density at radius 1 is 1.05 bits per heavy atom. The Balaban J connectivity index is 2.11. The number of hydrogen-bond acceptors (Lipinski definition) is 4. The average molecular weight is 259 g/mol. The van der Waals surface area contributed by atoms with Gasteiger partial charge < -0.3 is 20.3 Å². The molecule has 0 atom stereocenters. The van der Waals surface area contributed by atoms with E-state index in [2.05, 4.69) is 0 Å². The third kappa shape index (κ3) is 3.39. The second kappa shape index (κ2) is 6.11. The molecule has 0 radical (unpaired) electrons. The fourth-order valence-corrected chi connectivity index (χ4v) is 1.77. The molecule has 4 heteroatoms. The maximum Gasteiger partial charge on any atom is 0.161 e. The van der Waals surface area contributed by atoms with E-state index in [-0.39, 0.29) is 6.61 Å². The monoisotopic (exact) mass is 259 g/mol. The van der Waals surface area contributed by atoms with E-state index in [0.29, 0.717) is 23.8 Å². The smallest absolute Gasteiger partial charge is 0.161 e. The molecule has 0 fully saturated rings. The topological polar surface area (TPSA) is 64.7 Å². The van der Waals surface area contributed by atoms with E-state index in [1.807, 2.05) is 24.3 Å².